The Kier molecular flexibility index (Phi) is 4.95. The van der Waals surface area contributed by atoms with Crippen molar-refractivity contribution >= 4 is 17.4 Å². The molecular formula is C12H19N3O2S. The number of hydrogen-bond acceptors (Lipinski definition) is 5. The quantitative estimate of drug-likeness (QED) is 0.906. The second-order valence-corrected chi connectivity index (χ2v) is 5.25. The number of carbonyl (C=O) groups is 1. The topological polar surface area (TPSA) is 54.5 Å². The summed E-state index contributed by atoms with van der Waals surface area (Å²) in [6, 6.07) is 0.472. The van der Waals surface area contributed by atoms with Gasteiger partial charge in [-0.3, -0.25) is 0 Å². The Balaban J connectivity index is 1.68. The van der Waals surface area contributed by atoms with Gasteiger partial charge in [0.15, 0.2) is 0 Å². The van der Waals surface area contributed by atoms with Crippen molar-refractivity contribution in [2.75, 3.05) is 19.7 Å². The number of amides is 1. The minimum Gasteiger partial charge on any atom is -0.450 e. The molecule has 1 aromatic heterocycles. The summed E-state index contributed by atoms with van der Waals surface area (Å²) >= 11 is 1.67. The molecule has 0 atom stereocenters. The number of carbonyl (C=O) groups excluding carboxylic acids is 1. The van der Waals surface area contributed by atoms with Crippen molar-refractivity contribution in [1.29, 1.82) is 0 Å². The van der Waals surface area contributed by atoms with Gasteiger partial charge >= 0.3 is 6.09 Å². The third-order valence-corrected chi connectivity index (χ3v) is 3.83. The Morgan fingerprint density at radius 3 is 3.00 bits per heavy atom. The van der Waals surface area contributed by atoms with Crippen molar-refractivity contribution in [1.82, 2.24) is 15.2 Å². The molecule has 6 heteroatoms. The number of thiazole rings is 1. The van der Waals surface area contributed by atoms with Crippen LogP contribution in [0, 0.1) is 0 Å². The van der Waals surface area contributed by atoms with E-state index < -0.39 is 0 Å². The van der Waals surface area contributed by atoms with E-state index in [0.717, 1.165) is 37.5 Å². The van der Waals surface area contributed by atoms with Crippen LogP contribution < -0.4 is 5.32 Å². The van der Waals surface area contributed by atoms with Crippen molar-refractivity contribution in [2.45, 2.75) is 32.4 Å². The Morgan fingerprint density at radius 2 is 2.39 bits per heavy atom. The van der Waals surface area contributed by atoms with Gasteiger partial charge in [0.25, 0.3) is 0 Å². The molecule has 1 fully saturated rings. The normalized spacial score (nSPS) is 16.8. The predicted octanol–water partition coefficient (Wildman–Crippen LogP) is 1.85. The monoisotopic (exact) mass is 269 g/mol. The van der Waals surface area contributed by atoms with Gasteiger partial charge in [0.2, 0.25) is 0 Å². The fourth-order valence-electron chi connectivity index (χ4n) is 2.05. The highest BCUT2D eigenvalue weighted by atomic mass is 32.1. The Hall–Kier alpha value is -1.14. The Bertz CT molecular complexity index is 361. The van der Waals surface area contributed by atoms with E-state index in [1.54, 1.807) is 16.2 Å². The smallest absolute Gasteiger partial charge is 0.409 e. The molecule has 5 nitrogen and oxygen atoms in total. The van der Waals surface area contributed by atoms with Crippen LogP contribution in [-0.4, -0.2) is 41.7 Å². The van der Waals surface area contributed by atoms with Gasteiger partial charge in [0.1, 0.15) is 5.01 Å². The van der Waals surface area contributed by atoms with Crippen molar-refractivity contribution in [3.63, 3.8) is 0 Å². The van der Waals surface area contributed by atoms with E-state index in [2.05, 4.69) is 10.3 Å². The van der Waals surface area contributed by atoms with E-state index in [1.165, 1.54) is 0 Å². The maximum atomic E-state index is 11.5. The van der Waals surface area contributed by atoms with Crippen molar-refractivity contribution in [3.8, 4) is 0 Å². The lowest BCUT2D eigenvalue weighted by atomic mass is 10.1. The Labute approximate surface area is 111 Å². The fourth-order valence-corrected chi connectivity index (χ4v) is 2.62. The largest absolute Gasteiger partial charge is 0.450 e. The summed E-state index contributed by atoms with van der Waals surface area (Å²) in [6.07, 6.45) is 3.59. The minimum atomic E-state index is -0.184. The third kappa shape index (κ3) is 3.68. The highest BCUT2D eigenvalue weighted by molar-refractivity contribution is 7.09. The van der Waals surface area contributed by atoms with E-state index >= 15 is 0 Å². The lowest BCUT2D eigenvalue weighted by Gasteiger charge is -2.31. The standard InChI is InChI=1S/C12H19N3O2S/c1-2-17-12(16)15-6-3-10(4-7-15)14-9-11-13-5-8-18-11/h5,8,10,14H,2-4,6-7,9H2,1H3. The average molecular weight is 269 g/mol. The second-order valence-electron chi connectivity index (χ2n) is 4.27. The zero-order chi connectivity index (χ0) is 12.8. The van der Waals surface area contributed by atoms with Crippen LogP contribution in [0.2, 0.25) is 0 Å². The molecule has 1 saturated heterocycles. The lowest BCUT2D eigenvalue weighted by molar-refractivity contribution is 0.0950. The molecule has 1 aliphatic heterocycles. The zero-order valence-electron chi connectivity index (χ0n) is 10.6. The van der Waals surface area contributed by atoms with Crippen LogP contribution in [0.1, 0.15) is 24.8 Å². The van der Waals surface area contributed by atoms with Gasteiger partial charge in [-0.25, -0.2) is 9.78 Å². The zero-order valence-corrected chi connectivity index (χ0v) is 11.4. The minimum absolute atomic E-state index is 0.184. The molecule has 2 heterocycles. The summed E-state index contributed by atoms with van der Waals surface area (Å²) in [4.78, 5) is 17.5. The van der Waals surface area contributed by atoms with Gasteiger partial charge in [-0.05, 0) is 19.8 Å². The van der Waals surface area contributed by atoms with Crippen LogP contribution in [0.5, 0.6) is 0 Å². The highest BCUT2D eigenvalue weighted by Crippen LogP contribution is 2.12. The number of piperidine rings is 1. The number of rotatable bonds is 4. The van der Waals surface area contributed by atoms with Gasteiger partial charge < -0.3 is 15.0 Å². The summed E-state index contributed by atoms with van der Waals surface area (Å²) in [5.41, 5.74) is 0. The van der Waals surface area contributed by atoms with Crippen LogP contribution in [-0.2, 0) is 11.3 Å². The van der Waals surface area contributed by atoms with Crippen LogP contribution in [0.3, 0.4) is 0 Å². The number of aromatic nitrogens is 1. The van der Waals surface area contributed by atoms with E-state index in [0.29, 0.717) is 12.6 Å². The van der Waals surface area contributed by atoms with Gasteiger partial charge in [-0.2, -0.15) is 0 Å². The molecule has 0 aromatic carbocycles. The molecule has 0 bridgehead atoms. The van der Waals surface area contributed by atoms with Crippen LogP contribution >= 0.6 is 11.3 Å². The lowest BCUT2D eigenvalue weighted by Crippen LogP contribution is -2.44. The molecule has 1 aromatic rings. The molecule has 0 aliphatic carbocycles. The van der Waals surface area contributed by atoms with Crippen molar-refractivity contribution < 1.29 is 9.53 Å². The summed E-state index contributed by atoms with van der Waals surface area (Å²) in [5, 5.41) is 6.58. The van der Waals surface area contributed by atoms with Crippen molar-refractivity contribution in [3.05, 3.63) is 16.6 Å². The van der Waals surface area contributed by atoms with E-state index in [4.69, 9.17) is 4.74 Å². The first-order valence-electron chi connectivity index (χ1n) is 6.33. The maximum absolute atomic E-state index is 11.5. The average Bonchev–Trinajstić information content (AvgIpc) is 2.90. The molecule has 1 aliphatic rings. The van der Waals surface area contributed by atoms with Gasteiger partial charge in [-0.15, -0.1) is 11.3 Å². The molecule has 1 amide bonds. The molecule has 0 unspecified atom stereocenters. The predicted molar refractivity (Wildman–Crippen MR) is 70.6 cm³/mol. The Morgan fingerprint density at radius 1 is 1.61 bits per heavy atom. The SMILES string of the molecule is CCOC(=O)N1CCC(NCc2nccs2)CC1. The first-order valence-corrected chi connectivity index (χ1v) is 7.21. The van der Waals surface area contributed by atoms with Gasteiger partial charge in [-0.1, -0.05) is 0 Å². The first-order chi connectivity index (χ1) is 8.79. The highest BCUT2D eigenvalue weighted by Gasteiger charge is 2.23. The maximum Gasteiger partial charge on any atom is 0.409 e. The molecule has 0 saturated carbocycles. The second kappa shape index (κ2) is 6.70. The van der Waals surface area contributed by atoms with Crippen LogP contribution in [0.25, 0.3) is 0 Å². The van der Waals surface area contributed by atoms with E-state index in [9.17, 15) is 4.79 Å². The number of nitrogens with one attached hydrogen (secondary N) is 1. The molecular weight excluding hydrogens is 250 g/mol. The molecule has 0 radical (unpaired) electrons. The molecule has 0 spiro atoms. The molecule has 100 valence electrons. The molecule has 2 rings (SSSR count). The summed E-state index contributed by atoms with van der Waals surface area (Å²) < 4.78 is 4.99. The van der Waals surface area contributed by atoms with E-state index in [1.807, 2.05) is 18.5 Å². The number of hydrogen-bond donors (Lipinski definition) is 1. The third-order valence-electron chi connectivity index (χ3n) is 3.05. The van der Waals surface area contributed by atoms with Crippen LogP contribution in [0.15, 0.2) is 11.6 Å². The summed E-state index contributed by atoms with van der Waals surface area (Å²) in [5.74, 6) is 0. The van der Waals surface area contributed by atoms with Crippen molar-refractivity contribution in [2.24, 2.45) is 0 Å². The first kappa shape index (κ1) is 13.3. The molecule has 1 N–H and O–H groups in total. The van der Waals surface area contributed by atoms with E-state index in [-0.39, 0.29) is 6.09 Å². The fraction of sp³-hybridized carbons (Fsp3) is 0.667. The summed E-state index contributed by atoms with van der Waals surface area (Å²) in [7, 11) is 0. The number of nitrogens with zero attached hydrogens (tertiary/aromatic N) is 2. The van der Waals surface area contributed by atoms with Gasteiger partial charge in [0.05, 0.1) is 6.61 Å². The van der Waals surface area contributed by atoms with Gasteiger partial charge in [0, 0.05) is 37.3 Å². The number of ether oxygens (including phenoxy) is 1. The molecule has 18 heavy (non-hydrogen) atoms. The van der Waals surface area contributed by atoms with Crippen LogP contribution in [0.4, 0.5) is 4.79 Å². The summed E-state index contributed by atoms with van der Waals surface area (Å²) in [6.45, 7) is 4.64. The number of likely N-dealkylation sites (tertiary alicyclic amines) is 1.